The predicted octanol–water partition coefficient (Wildman–Crippen LogP) is 2.94. The minimum atomic E-state index is -3.83. The lowest BCUT2D eigenvalue weighted by molar-refractivity contribution is -0.148. The SMILES string of the molecule is Cc1ccc(S(=O)(=O)NCC(=O)O[C@@H](C)c2nnc(-c3ccccc3)o2)cc1C. The highest BCUT2D eigenvalue weighted by molar-refractivity contribution is 7.89. The molecule has 0 aliphatic rings. The molecule has 0 bridgehead atoms. The van der Waals surface area contributed by atoms with Crippen molar-refractivity contribution < 1.29 is 22.4 Å². The van der Waals surface area contributed by atoms with Gasteiger partial charge in [-0.25, -0.2) is 8.42 Å². The average Bonchev–Trinajstić information content (AvgIpc) is 3.20. The molecule has 1 aromatic heterocycles. The molecule has 1 atom stereocenters. The Balaban J connectivity index is 1.59. The van der Waals surface area contributed by atoms with Crippen molar-refractivity contribution in [1.82, 2.24) is 14.9 Å². The first-order valence-corrected chi connectivity index (χ1v) is 10.4. The van der Waals surface area contributed by atoms with Gasteiger partial charge < -0.3 is 9.15 Å². The minimum absolute atomic E-state index is 0.0888. The number of hydrogen-bond acceptors (Lipinski definition) is 7. The van der Waals surface area contributed by atoms with E-state index in [0.717, 1.165) is 16.7 Å². The van der Waals surface area contributed by atoms with Gasteiger partial charge >= 0.3 is 5.97 Å². The summed E-state index contributed by atoms with van der Waals surface area (Å²) in [6, 6.07) is 13.9. The second-order valence-electron chi connectivity index (χ2n) is 6.51. The molecule has 29 heavy (non-hydrogen) atoms. The lowest BCUT2D eigenvalue weighted by atomic mass is 10.1. The molecular formula is C20H21N3O5S. The molecule has 0 saturated heterocycles. The van der Waals surface area contributed by atoms with Gasteiger partial charge in [-0.3, -0.25) is 4.79 Å². The number of hydrogen-bond donors (Lipinski definition) is 1. The largest absolute Gasteiger partial charge is 0.452 e. The van der Waals surface area contributed by atoms with Gasteiger partial charge in [0.15, 0.2) is 6.10 Å². The third-order valence-electron chi connectivity index (χ3n) is 4.31. The molecule has 2 aromatic carbocycles. The van der Waals surface area contributed by atoms with Gasteiger partial charge in [0.1, 0.15) is 6.54 Å². The van der Waals surface area contributed by atoms with E-state index in [0.29, 0.717) is 5.89 Å². The lowest BCUT2D eigenvalue weighted by Gasteiger charge is -2.11. The van der Waals surface area contributed by atoms with E-state index >= 15 is 0 Å². The van der Waals surface area contributed by atoms with E-state index < -0.39 is 28.6 Å². The third kappa shape index (κ3) is 5.07. The summed E-state index contributed by atoms with van der Waals surface area (Å²) < 4.78 is 37.7. The van der Waals surface area contributed by atoms with E-state index in [1.165, 1.54) is 6.07 Å². The quantitative estimate of drug-likeness (QED) is 0.591. The Morgan fingerprint density at radius 2 is 1.83 bits per heavy atom. The number of aryl methyl sites for hydroxylation is 2. The van der Waals surface area contributed by atoms with Crippen LogP contribution in [-0.2, 0) is 19.6 Å². The zero-order valence-corrected chi connectivity index (χ0v) is 17.1. The number of carbonyl (C=O) groups is 1. The van der Waals surface area contributed by atoms with Gasteiger partial charge in [0.25, 0.3) is 5.89 Å². The summed E-state index contributed by atoms with van der Waals surface area (Å²) in [6.45, 7) is 4.76. The topological polar surface area (TPSA) is 111 Å². The van der Waals surface area contributed by atoms with Crippen molar-refractivity contribution in [2.45, 2.75) is 31.8 Å². The first kappa shape index (κ1) is 20.7. The summed E-state index contributed by atoms with van der Waals surface area (Å²) in [6.07, 6.45) is -0.821. The Morgan fingerprint density at radius 3 is 2.52 bits per heavy atom. The third-order valence-corrected chi connectivity index (χ3v) is 5.71. The van der Waals surface area contributed by atoms with Crippen molar-refractivity contribution in [1.29, 1.82) is 0 Å². The Labute approximate surface area is 169 Å². The Hall–Kier alpha value is -3.04. The molecular weight excluding hydrogens is 394 g/mol. The summed E-state index contributed by atoms with van der Waals surface area (Å²) in [7, 11) is -3.83. The zero-order chi connectivity index (χ0) is 21.0. The van der Waals surface area contributed by atoms with Gasteiger partial charge in [0, 0.05) is 5.56 Å². The number of benzene rings is 2. The predicted molar refractivity (Wildman–Crippen MR) is 105 cm³/mol. The average molecular weight is 415 g/mol. The van der Waals surface area contributed by atoms with Crippen LogP contribution in [0.3, 0.4) is 0 Å². The molecule has 152 valence electrons. The fourth-order valence-corrected chi connectivity index (χ4v) is 3.56. The van der Waals surface area contributed by atoms with Gasteiger partial charge in [-0.15, -0.1) is 10.2 Å². The second kappa shape index (κ2) is 8.54. The van der Waals surface area contributed by atoms with Gasteiger partial charge in [-0.2, -0.15) is 4.72 Å². The fourth-order valence-electron chi connectivity index (χ4n) is 2.50. The Kier molecular flexibility index (Phi) is 6.09. The molecule has 0 spiro atoms. The van der Waals surface area contributed by atoms with Crippen LogP contribution in [0, 0.1) is 13.8 Å². The molecule has 9 heteroatoms. The number of nitrogens with one attached hydrogen (secondary N) is 1. The molecule has 1 heterocycles. The molecule has 3 rings (SSSR count). The van der Waals surface area contributed by atoms with Crippen LogP contribution in [0.4, 0.5) is 0 Å². The molecule has 0 amide bonds. The Morgan fingerprint density at radius 1 is 1.10 bits per heavy atom. The van der Waals surface area contributed by atoms with E-state index in [9.17, 15) is 13.2 Å². The molecule has 0 aliphatic carbocycles. The highest BCUT2D eigenvalue weighted by Crippen LogP contribution is 2.22. The first-order valence-electron chi connectivity index (χ1n) is 8.91. The van der Waals surface area contributed by atoms with E-state index in [1.807, 2.05) is 44.2 Å². The smallest absolute Gasteiger partial charge is 0.321 e. The second-order valence-corrected chi connectivity index (χ2v) is 8.28. The van der Waals surface area contributed by atoms with Crippen LogP contribution in [0.2, 0.25) is 0 Å². The van der Waals surface area contributed by atoms with Gasteiger partial charge in [-0.05, 0) is 56.2 Å². The van der Waals surface area contributed by atoms with Crippen LogP contribution in [0.5, 0.6) is 0 Å². The van der Waals surface area contributed by atoms with Gasteiger partial charge in [-0.1, -0.05) is 24.3 Å². The number of esters is 1. The maximum absolute atomic E-state index is 12.4. The molecule has 0 saturated carbocycles. The highest BCUT2D eigenvalue weighted by Gasteiger charge is 2.21. The maximum Gasteiger partial charge on any atom is 0.321 e. The minimum Gasteiger partial charge on any atom is -0.452 e. The normalized spacial score (nSPS) is 12.5. The first-order chi connectivity index (χ1) is 13.8. The van der Waals surface area contributed by atoms with Gasteiger partial charge in [0.05, 0.1) is 4.90 Å². The van der Waals surface area contributed by atoms with Crippen LogP contribution in [0.25, 0.3) is 11.5 Å². The molecule has 3 aromatic rings. The van der Waals surface area contributed by atoms with E-state index in [1.54, 1.807) is 19.1 Å². The maximum atomic E-state index is 12.4. The molecule has 8 nitrogen and oxygen atoms in total. The number of aromatic nitrogens is 2. The summed E-state index contributed by atoms with van der Waals surface area (Å²) in [5.74, 6) is -0.336. The summed E-state index contributed by atoms with van der Waals surface area (Å²) in [5, 5.41) is 7.82. The van der Waals surface area contributed by atoms with Crippen molar-refractivity contribution in [2.24, 2.45) is 0 Å². The van der Waals surface area contributed by atoms with Crippen LogP contribution < -0.4 is 4.72 Å². The van der Waals surface area contributed by atoms with Crippen LogP contribution in [-0.4, -0.2) is 31.1 Å². The van der Waals surface area contributed by atoms with Crippen molar-refractivity contribution in [3.05, 3.63) is 65.5 Å². The summed E-state index contributed by atoms with van der Waals surface area (Å²) in [4.78, 5) is 12.2. The molecule has 0 aliphatic heterocycles. The number of rotatable bonds is 7. The lowest BCUT2D eigenvalue weighted by Crippen LogP contribution is -2.31. The van der Waals surface area contributed by atoms with Crippen molar-refractivity contribution in [3.63, 3.8) is 0 Å². The molecule has 0 fully saturated rings. The number of carbonyl (C=O) groups excluding carboxylic acids is 1. The summed E-state index contributed by atoms with van der Waals surface area (Å²) in [5.41, 5.74) is 2.56. The molecule has 0 radical (unpaired) electrons. The summed E-state index contributed by atoms with van der Waals surface area (Å²) >= 11 is 0. The van der Waals surface area contributed by atoms with Crippen LogP contribution >= 0.6 is 0 Å². The van der Waals surface area contributed by atoms with Gasteiger partial charge in [0.2, 0.25) is 15.9 Å². The van der Waals surface area contributed by atoms with E-state index in [-0.39, 0.29) is 10.8 Å². The zero-order valence-electron chi connectivity index (χ0n) is 16.2. The highest BCUT2D eigenvalue weighted by atomic mass is 32.2. The Bertz CT molecular complexity index is 1110. The van der Waals surface area contributed by atoms with Crippen molar-refractivity contribution in [2.75, 3.05) is 6.54 Å². The van der Waals surface area contributed by atoms with E-state index in [2.05, 4.69) is 14.9 Å². The van der Waals surface area contributed by atoms with Crippen LogP contribution in [0.1, 0.15) is 30.0 Å². The molecule has 0 unspecified atom stereocenters. The monoisotopic (exact) mass is 415 g/mol. The number of sulfonamides is 1. The standard InChI is InChI=1S/C20H21N3O5S/c1-13-9-10-17(11-14(13)2)29(25,26)21-12-18(24)27-15(3)19-22-23-20(28-19)16-7-5-4-6-8-16/h4-11,15,21H,12H2,1-3H3/t15-/m0/s1. The van der Waals surface area contributed by atoms with Crippen LogP contribution in [0.15, 0.2) is 57.8 Å². The van der Waals surface area contributed by atoms with Crippen molar-refractivity contribution >= 4 is 16.0 Å². The fraction of sp³-hybridized carbons (Fsp3) is 0.250. The number of nitrogens with zero attached hydrogens (tertiary/aromatic N) is 2. The number of ether oxygens (including phenoxy) is 1. The van der Waals surface area contributed by atoms with Crippen molar-refractivity contribution in [3.8, 4) is 11.5 Å². The molecule has 1 N–H and O–H groups in total. The van der Waals surface area contributed by atoms with E-state index in [4.69, 9.17) is 9.15 Å².